The Labute approximate surface area is 119 Å². The summed E-state index contributed by atoms with van der Waals surface area (Å²) in [7, 11) is 0. The van der Waals surface area contributed by atoms with E-state index < -0.39 is 0 Å². The molecule has 1 atom stereocenters. The molecular weight excluding hydrogens is 254 g/mol. The van der Waals surface area contributed by atoms with E-state index in [2.05, 4.69) is 29.8 Å². The second-order valence-electron chi connectivity index (χ2n) is 4.50. The minimum absolute atomic E-state index is 0.410. The van der Waals surface area contributed by atoms with Crippen molar-refractivity contribution in [2.24, 2.45) is 0 Å². The molecule has 0 spiro atoms. The van der Waals surface area contributed by atoms with Gasteiger partial charge in [0.1, 0.15) is 12.4 Å². The van der Waals surface area contributed by atoms with Crippen LogP contribution in [0.2, 0.25) is 0 Å². The molecule has 0 radical (unpaired) electrons. The van der Waals surface area contributed by atoms with Crippen molar-refractivity contribution in [3.63, 3.8) is 0 Å². The number of hydrogen-bond donors (Lipinski definition) is 1. The van der Waals surface area contributed by atoms with E-state index in [1.54, 1.807) is 0 Å². The average Bonchev–Trinajstić information content (AvgIpc) is 2.96. The third-order valence-electron chi connectivity index (χ3n) is 3.01. The maximum Gasteiger partial charge on any atom is 0.119 e. The first-order valence-corrected chi connectivity index (χ1v) is 7.70. The Bertz CT molecular complexity index is 441. The van der Waals surface area contributed by atoms with Crippen molar-refractivity contribution >= 4 is 11.3 Å². The largest absolute Gasteiger partial charge is 0.492 e. The van der Waals surface area contributed by atoms with Crippen LogP contribution in [0.1, 0.15) is 18.2 Å². The molecule has 2 nitrogen and oxygen atoms in total. The van der Waals surface area contributed by atoms with Crippen LogP contribution in [0, 0.1) is 0 Å². The molecule has 1 unspecified atom stereocenters. The zero-order chi connectivity index (χ0) is 13.3. The predicted molar refractivity (Wildman–Crippen MR) is 82.0 cm³/mol. The van der Waals surface area contributed by atoms with Crippen LogP contribution in [0.25, 0.3) is 0 Å². The highest BCUT2D eigenvalue weighted by Gasteiger charge is 2.09. The van der Waals surface area contributed by atoms with Crippen LogP contribution < -0.4 is 10.1 Å². The second kappa shape index (κ2) is 7.97. The fourth-order valence-electron chi connectivity index (χ4n) is 2.02. The number of nitrogens with one attached hydrogen (secondary N) is 1. The van der Waals surface area contributed by atoms with Crippen molar-refractivity contribution in [1.29, 1.82) is 0 Å². The zero-order valence-electron chi connectivity index (χ0n) is 11.3. The number of para-hydroxylation sites is 1. The normalized spacial score (nSPS) is 12.3. The van der Waals surface area contributed by atoms with Gasteiger partial charge in [-0.05, 0) is 43.0 Å². The SMILES string of the molecule is CCNC(CCc1cccs1)COc1ccccc1. The van der Waals surface area contributed by atoms with Crippen molar-refractivity contribution in [2.75, 3.05) is 13.2 Å². The molecule has 2 aromatic rings. The van der Waals surface area contributed by atoms with Crippen LogP contribution in [0.5, 0.6) is 5.75 Å². The lowest BCUT2D eigenvalue weighted by Gasteiger charge is -2.18. The third kappa shape index (κ3) is 5.05. The molecule has 1 N–H and O–H groups in total. The highest BCUT2D eigenvalue weighted by Crippen LogP contribution is 2.13. The Morgan fingerprint density at radius 2 is 2.00 bits per heavy atom. The lowest BCUT2D eigenvalue weighted by molar-refractivity contribution is 0.259. The molecule has 0 fully saturated rings. The molecule has 0 amide bonds. The summed E-state index contributed by atoms with van der Waals surface area (Å²) < 4.78 is 5.83. The van der Waals surface area contributed by atoms with Gasteiger partial charge < -0.3 is 10.1 Å². The van der Waals surface area contributed by atoms with E-state index in [4.69, 9.17) is 4.74 Å². The summed E-state index contributed by atoms with van der Waals surface area (Å²) in [5.41, 5.74) is 0. The Hall–Kier alpha value is -1.32. The van der Waals surface area contributed by atoms with Gasteiger partial charge in [-0.25, -0.2) is 0 Å². The number of rotatable bonds is 8. The summed E-state index contributed by atoms with van der Waals surface area (Å²) in [6.07, 6.45) is 2.23. The lowest BCUT2D eigenvalue weighted by atomic mass is 10.1. The number of likely N-dealkylation sites (N-methyl/N-ethyl adjacent to an activating group) is 1. The van der Waals surface area contributed by atoms with Gasteiger partial charge >= 0.3 is 0 Å². The van der Waals surface area contributed by atoms with Gasteiger partial charge in [0.25, 0.3) is 0 Å². The summed E-state index contributed by atoms with van der Waals surface area (Å²) >= 11 is 1.83. The van der Waals surface area contributed by atoms with Crippen LogP contribution >= 0.6 is 11.3 Å². The molecule has 1 heterocycles. The number of ether oxygens (including phenoxy) is 1. The predicted octanol–water partition coefficient (Wildman–Crippen LogP) is 3.74. The number of thiophene rings is 1. The molecular formula is C16H21NOS. The summed E-state index contributed by atoms with van der Waals surface area (Å²) in [5.74, 6) is 0.946. The average molecular weight is 275 g/mol. The zero-order valence-corrected chi connectivity index (χ0v) is 12.2. The van der Waals surface area contributed by atoms with Gasteiger partial charge in [-0.15, -0.1) is 11.3 Å². The Balaban J connectivity index is 1.78. The minimum atomic E-state index is 0.410. The molecule has 3 heteroatoms. The van der Waals surface area contributed by atoms with Crippen molar-refractivity contribution in [3.05, 3.63) is 52.7 Å². The fraction of sp³-hybridized carbons (Fsp3) is 0.375. The molecule has 1 aromatic heterocycles. The summed E-state index contributed by atoms with van der Waals surface area (Å²) in [6, 6.07) is 14.7. The lowest BCUT2D eigenvalue weighted by Crippen LogP contribution is -2.34. The molecule has 19 heavy (non-hydrogen) atoms. The highest BCUT2D eigenvalue weighted by atomic mass is 32.1. The van der Waals surface area contributed by atoms with Gasteiger partial charge in [0.15, 0.2) is 0 Å². The van der Waals surface area contributed by atoms with E-state index in [1.807, 2.05) is 41.7 Å². The van der Waals surface area contributed by atoms with Crippen LogP contribution in [0.4, 0.5) is 0 Å². The summed E-state index contributed by atoms with van der Waals surface area (Å²) in [6.45, 7) is 3.84. The van der Waals surface area contributed by atoms with Gasteiger partial charge in [-0.3, -0.25) is 0 Å². The highest BCUT2D eigenvalue weighted by molar-refractivity contribution is 7.09. The maximum absolute atomic E-state index is 5.83. The van der Waals surface area contributed by atoms with Crippen LogP contribution in [-0.4, -0.2) is 19.2 Å². The molecule has 102 valence electrons. The second-order valence-corrected chi connectivity index (χ2v) is 5.53. The van der Waals surface area contributed by atoms with Crippen molar-refractivity contribution in [3.8, 4) is 5.75 Å². The van der Waals surface area contributed by atoms with Crippen molar-refractivity contribution in [1.82, 2.24) is 5.32 Å². The van der Waals surface area contributed by atoms with Crippen LogP contribution in [0.3, 0.4) is 0 Å². The molecule has 0 saturated heterocycles. The van der Waals surface area contributed by atoms with Gasteiger partial charge in [-0.2, -0.15) is 0 Å². The first kappa shape index (κ1) is 14.1. The van der Waals surface area contributed by atoms with Crippen LogP contribution in [-0.2, 0) is 6.42 Å². The third-order valence-corrected chi connectivity index (χ3v) is 3.94. The Morgan fingerprint density at radius 3 is 2.68 bits per heavy atom. The smallest absolute Gasteiger partial charge is 0.119 e. The quantitative estimate of drug-likeness (QED) is 0.792. The number of hydrogen-bond acceptors (Lipinski definition) is 3. The minimum Gasteiger partial charge on any atom is -0.492 e. The number of aryl methyl sites for hydroxylation is 1. The fourth-order valence-corrected chi connectivity index (χ4v) is 2.74. The number of benzene rings is 1. The van der Waals surface area contributed by atoms with Gasteiger partial charge in [-0.1, -0.05) is 31.2 Å². The van der Waals surface area contributed by atoms with Gasteiger partial charge in [0.05, 0.1) is 0 Å². The van der Waals surface area contributed by atoms with Crippen molar-refractivity contribution < 1.29 is 4.74 Å². The first-order chi connectivity index (χ1) is 9.38. The van der Waals surface area contributed by atoms with E-state index in [9.17, 15) is 0 Å². The molecule has 2 rings (SSSR count). The van der Waals surface area contributed by atoms with E-state index in [1.165, 1.54) is 4.88 Å². The molecule has 0 aliphatic carbocycles. The van der Waals surface area contributed by atoms with Gasteiger partial charge in [0, 0.05) is 10.9 Å². The molecule has 0 saturated carbocycles. The summed E-state index contributed by atoms with van der Waals surface area (Å²) in [4.78, 5) is 1.45. The topological polar surface area (TPSA) is 21.3 Å². The van der Waals surface area contributed by atoms with Gasteiger partial charge in [0.2, 0.25) is 0 Å². The van der Waals surface area contributed by atoms with Crippen molar-refractivity contribution in [2.45, 2.75) is 25.8 Å². The standard InChI is InChI=1S/C16H21NOS/c1-2-17-14(10-11-16-9-6-12-19-16)13-18-15-7-4-3-5-8-15/h3-9,12,14,17H,2,10-11,13H2,1H3. The Kier molecular flexibility index (Phi) is 5.92. The first-order valence-electron chi connectivity index (χ1n) is 6.82. The monoisotopic (exact) mass is 275 g/mol. The van der Waals surface area contributed by atoms with Crippen LogP contribution in [0.15, 0.2) is 47.8 Å². The molecule has 0 aliphatic rings. The summed E-state index contributed by atoms with van der Waals surface area (Å²) in [5, 5.41) is 5.63. The Morgan fingerprint density at radius 1 is 1.16 bits per heavy atom. The molecule has 0 bridgehead atoms. The maximum atomic E-state index is 5.83. The van der Waals surface area contributed by atoms with E-state index in [-0.39, 0.29) is 0 Å². The molecule has 1 aromatic carbocycles. The van der Waals surface area contributed by atoms with E-state index >= 15 is 0 Å². The van der Waals surface area contributed by atoms with E-state index in [0.717, 1.165) is 31.7 Å². The van der Waals surface area contributed by atoms with E-state index in [0.29, 0.717) is 6.04 Å². The molecule has 0 aliphatic heterocycles.